The summed E-state index contributed by atoms with van der Waals surface area (Å²) in [5, 5.41) is 1.17. The average Bonchev–Trinajstić information content (AvgIpc) is 2.65. The Kier molecular flexibility index (Phi) is 6.64. The van der Waals surface area contributed by atoms with Gasteiger partial charge < -0.3 is 0 Å². The first-order valence-corrected chi connectivity index (χ1v) is 12.1. The second-order valence-electron chi connectivity index (χ2n) is 8.57. The van der Waals surface area contributed by atoms with Crippen LogP contribution in [0.25, 0.3) is 0 Å². The van der Waals surface area contributed by atoms with E-state index in [2.05, 4.69) is 40.5 Å². The minimum Gasteiger partial charge on any atom is -0.293 e. The van der Waals surface area contributed by atoms with E-state index in [0.29, 0.717) is 16.9 Å². The third-order valence-corrected chi connectivity index (χ3v) is 9.02. The lowest BCUT2D eigenvalue weighted by molar-refractivity contribution is -0.281. The maximum Gasteiger partial charge on any atom is 0.373 e. The van der Waals surface area contributed by atoms with Crippen LogP contribution in [0.4, 0.5) is 0 Å². The van der Waals surface area contributed by atoms with Gasteiger partial charge in [-0.2, -0.15) is 4.89 Å². The van der Waals surface area contributed by atoms with Crippen molar-refractivity contribution in [2.24, 2.45) is 11.3 Å². The quantitative estimate of drug-likeness (QED) is 0.395. The molecule has 0 saturated heterocycles. The van der Waals surface area contributed by atoms with Crippen molar-refractivity contribution in [3.63, 3.8) is 0 Å². The topological polar surface area (TPSA) is 35.5 Å². The summed E-state index contributed by atoms with van der Waals surface area (Å²) in [4.78, 5) is 22.8. The van der Waals surface area contributed by atoms with Gasteiger partial charge in [-0.15, -0.1) is 13.2 Å². The molecule has 0 spiro atoms. The lowest BCUT2D eigenvalue weighted by atomic mass is 9.72. The Labute approximate surface area is 159 Å². The highest BCUT2D eigenvalue weighted by molar-refractivity contribution is 6.98. The fourth-order valence-electron chi connectivity index (χ4n) is 3.47. The molecule has 1 aromatic rings. The van der Waals surface area contributed by atoms with Crippen LogP contribution < -0.4 is 5.19 Å². The van der Waals surface area contributed by atoms with Gasteiger partial charge in [-0.05, 0) is 49.1 Å². The Morgan fingerprint density at radius 3 is 2.08 bits per heavy atom. The average molecular weight is 373 g/mol. The van der Waals surface area contributed by atoms with E-state index in [-0.39, 0.29) is 6.10 Å². The van der Waals surface area contributed by atoms with E-state index < -0.39 is 14.0 Å². The van der Waals surface area contributed by atoms with E-state index >= 15 is 0 Å². The molecule has 0 atom stereocenters. The maximum atomic E-state index is 12.2. The fourth-order valence-corrected chi connectivity index (χ4v) is 4.99. The van der Waals surface area contributed by atoms with Gasteiger partial charge in [0.15, 0.2) is 0 Å². The first-order valence-electron chi connectivity index (χ1n) is 9.45. The summed E-state index contributed by atoms with van der Waals surface area (Å²) in [7, 11) is -1.85. The zero-order chi connectivity index (χ0) is 19.4. The highest BCUT2D eigenvalue weighted by Crippen LogP contribution is 2.38. The summed E-state index contributed by atoms with van der Waals surface area (Å²) in [6.07, 6.45) is 4.13. The molecular weight excluding hydrogens is 340 g/mol. The predicted molar refractivity (Wildman–Crippen MR) is 110 cm³/mol. The summed E-state index contributed by atoms with van der Waals surface area (Å²) >= 11 is 0. The number of hydrogen-bond acceptors (Lipinski definition) is 3. The normalized spacial score (nSPS) is 21.1. The van der Waals surface area contributed by atoms with Gasteiger partial charge in [-0.1, -0.05) is 56.0 Å². The first-order chi connectivity index (χ1) is 12.2. The Bertz CT molecular complexity index is 626. The van der Waals surface area contributed by atoms with E-state index in [1.54, 1.807) is 12.1 Å². The van der Waals surface area contributed by atoms with Gasteiger partial charge in [0, 0.05) is 0 Å². The molecule has 142 valence electrons. The standard InChI is InChI=1S/C22H32O3Si/c1-7-26(6,8-2)20-15-9-17(10-16-20)21(23)25-24-19-13-11-18(12-14-19)22(3,4)5/h7-10,15-16,18-19H,1-2,11-14H2,3-6H3. The minimum absolute atomic E-state index is 0.00838. The second kappa shape index (κ2) is 8.36. The molecule has 2 rings (SSSR count). The Balaban J connectivity index is 1.87. The molecule has 0 aromatic heterocycles. The molecule has 0 radical (unpaired) electrons. The van der Waals surface area contributed by atoms with Crippen molar-refractivity contribution in [1.82, 2.24) is 0 Å². The number of benzene rings is 1. The lowest BCUT2D eigenvalue weighted by Crippen LogP contribution is -2.40. The monoisotopic (exact) mass is 372 g/mol. The summed E-state index contributed by atoms with van der Waals surface area (Å²) in [5.74, 6) is 0.272. The first kappa shape index (κ1) is 20.7. The second-order valence-corrected chi connectivity index (χ2v) is 12.5. The third kappa shape index (κ3) is 4.95. The Hall–Kier alpha value is -1.65. The molecule has 0 bridgehead atoms. The van der Waals surface area contributed by atoms with Gasteiger partial charge in [0.05, 0.1) is 5.56 Å². The molecule has 1 saturated carbocycles. The molecule has 0 aliphatic heterocycles. The van der Waals surface area contributed by atoms with Gasteiger partial charge in [-0.3, -0.25) is 4.89 Å². The minimum atomic E-state index is -1.85. The summed E-state index contributed by atoms with van der Waals surface area (Å²) in [6, 6.07) is 7.49. The van der Waals surface area contributed by atoms with Crippen molar-refractivity contribution in [2.45, 2.75) is 59.1 Å². The molecule has 1 aliphatic carbocycles. The Morgan fingerprint density at radius 2 is 1.62 bits per heavy atom. The van der Waals surface area contributed by atoms with Crippen LogP contribution in [0.1, 0.15) is 56.8 Å². The summed E-state index contributed by atoms with van der Waals surface area (Å²) in [5.41, 5.74) is 4.79. The van der Waals surface area contributed by atoms with Crippen LogP contribution in [0.2, 0.25) is 6.55 Å². The van der Waals surface area contributed by atoms with Crippen LogP contribution in [-0.4, -0.2) is 20.1 Å². The summed E-state index contributed by atoms with van der Waals surface area (Å²) < 4.78 is 0. The van der Waals surface area contributed by atoms with E-state index in [1.165, 1.54) is 5.19 Å². The maximum absolute atomic E-state index is 12.2. The molecule has 0 N–H and O–H groups in total. The predicted octanol–water partition coefficient (Wildman–Crippen LogP) is 5.12. The van der Waals surface area contributed by atoms with Crippen molar-refractivity contribution >= 4 is 19.2 Å². The largest absolute Gasteiger partial charge is 0.373 e. The van der Waals surface area contributed by atoms with E-state index in [9.17, 15) is 4.79 Å². The van der Waals surface area contributed by atoms with Gasteiger partial charge in [0.2, 0.25) is 0 Å². The van der Waals surface area contributed by atoms with Crippen molar-refractivity contribution in [2.75, 3.05) is 0 Å². The smallest absolute Gasteiger partial charge is 0.293 e. The number of carbonyl (C=O) groups excluding carboxylic acids is 1. The Morgan fingerprint density at radius 1 is 1.08 bits per heavy atom. The molecule has 4 heteroatoms. The van der Waals surface area contributed by atoms with Crippen LogP contribution in [0.15, 0.2) is 48.8 Å². The van der Waals surface area contributed by atoms with E-state index in [0.717, 1.165) is 25.7 Å². The number of rotatable bonds is 6. The molecule has 1 fully saturated rings. The van der Waals surface area contributed by atoms with Crippen molar-refractivity contribution < 1.29 is 14.6 Å². The van der Waals surface area contributed by atoms with Gasteiger partial charge >= 0.3 is 5.97 Å². The zero-order valence-corrected chi connectivity index (χ0v) is 17.6. The molecular formula is C22H32O3Si. The molecule has 0 heterocycles. The lowest BCUT2D eigenvalue weighted by Gasteiger charge is -2.36. The van der Waals surface area contributed by atoms with Crippen LogP contribution >= 0.6 is 0 Å². The number of hydrogen-bond donors (Lipinski definition) is 0. The highest BCUT2D eigenvalue weighted by Gasteiger charge is 2.31. The zero-order valence-electron chi connectivity index (χ0n) is 16.6. The van der Waals surface area contributed by atoms with Gasteiger partial charge in [-0.25, -0.2) is 4.79 Å². The van der Waals surface area contributed by atoms with Crippen LogP contribution in [0.5, 0.6) is 0 Å². The van der Waals surface area contributed by atoms with Crippen molar-refractivity contribution in [1.29, 1.82) is 0 Å². The molecule has 0 amide bonds. The third-order valence-electron chi connectivity index (χ3n) is 5.75. The van der Waals surface area contributed by atoms with Gasteiger partial charge in [0.25, 0.3) is 0 Å². The molecule has 1 aromatic carbocycles. The SMILES string of the molecule is C=C[Si](C)(C=C)c1ccc(C(=O)OOC2CCC(C(C)(C)C)CC2)cc1. The highest BCUT2D eigenvalue weighted by atomic mass is 28.3. The van der Waals surface area contributed by atoms with Crippen molar-refractivity contribution in [3.05, 3.63) is 54.4 Å². The van der Waals surface area contributed by atoms with Crippen LogP contribution in [-0.2, 0) is 9.78 Å². The fraction of sp³-hybridized carbons (Fsp3) is 0.500. The molecule has 26 heavy (non-hydrogen) atoms. The van der Waals surface area contributed by atoms with Crippen LogP contribution in [0, 0.1) is 11.3 Å². The van der Waals surface area contributed by atoms with E-state index in [1.807, 2.05) is 23.5 Å². The molecule has 1 aliphatic rings. The van der Waals surface area contributed by atoms with E-state index in [4.69, 9.17) is 9.78 Å². The molecule has 3 nitrogen and oxygen atoms in total. The van der Waals surface area contributed by atoms with Gasteiger partial charge in [0.1, 0.15) is 14.2 Å². The van der Waals surface area contributed by atoms with Crippen molar-refractivity contribution in [3.8, 4) is 0 Å². The van der Waals surface area contributed by atoms with Crippen LogP contribution in [0.3, 0.4) is 0 Å². The molecule has 0 unspecified atom stereocenters. The summed E-state index contributed by atoms with van der Waals surface area (Å²) in [6.45, 7) is 16.9. The number of carbonyl (C=O) groups is 1.